The molecule has 1 saturated heterocycles. The molecule has 24 heavy (non-hydrogen) atoms. The number of anilines is 1. The summed E-state index contributed by atoms with van der Waals surface area (Å²) >= 11 is 0. The molecule has 0 amide bonds. The van der Waals surface area contributed by atoms with E-state index in [0.29, 0.717) is 11.9 Å². The fraction of sp³-hybridized carbons (Fsp3) is 0.632. The lowest BCUT2D eigenvalue weighted by Gasteiger charge is -2.36. The lowest BCUT2D eigenvalue weighted by atomic mass is 10.2. The van der Waals surface area contributed by atoms with E-state index in [1.165, 1.54) is 18.7 Å². The molecule has 0 saturated carbocycles. The number of para-hydroxylation sites is 1. The lowest BCUT2D eigenvalue weighted by Crippen LogP contribution is -2.46. The highest BCUT2D eigenvalue weighted by Crippen LogP contribution is 2.15. The molecular weight excluding hydrogens is 298 g/mol. The number of hydrogen-bond acceptors (Lipinski definition) is 3. The van der Waals surface area contributed by atoms with Crippen LogP contribution in [0.25, 0.3) is 0 Å². The molecule has 0 atom stereocenters. The average molecular weight is 332 g/mol. The van der Waals surface area contributed by atoms with Crippen molar-refractivity contribution in [2.24, 2.45) is 16.6 Å². The van der Waals surface area contributed by atoms with E-state index in [2.05, 4.69) is 64.3 Å². The summed E-state index contributed by atoms with van der Waals surface area (Å²) in [5.41, 5.74) is 7.19. The van der Waals surface area contributed by atoms with Crippen LogP contribution in [0.4, 0.5) is 5.69 Å². The van der Waals surface area contributed by atoms with Crippen molar-refractivity contribution in [2.45, 2.75) is 26.7 Å². The topological polar surface area (TPSA) is 56.9 Å². The minimum atomic E-state index is 0.555. The fourth-order valence-corrected chi connectivity index (χ4v) is 2.88. The first-order chi connectivity index (χ1) is 11.6. The van der Waals surface area contributed by atoms with Crippen molar-refractivity contribution in [1.82, 2.24) is 10.2 Å². The third kappa shape index (κ3) is 6.79. The van der Waals surface area contributed by atoms with Crippen LogP contribution in [-0.2, 0) is 0 Å². The van der Waals surface area contributed by atoms with E-state index in [4.69, 9.17) is 5.73 Å². The van der Waals surface area contributed by atoms with Gasteiger partial charge < -0.3 is 16.0 Å². The Morgan fingerprint density at radius 2 is 1.83 bits per heavy atom. The first kappa shape index (κ1) is 18.6. The number of piperazine rings is 1. The van der Waals surface area contributed by atoms with E-state index >= 15 is 0 Å². The second kappa shape index (κ2) is 10.2. The molecule has 5 heteroatoms. The number of nitrogens with two attached hydrogens (primary N) is 1. The zero-order valence-electron chi connectivity index (χ0n) is 15.2. The third-order valence-corrected chi connectivity index (χ3v) is 4.33. The van der Waals surface area contributed by atoms with E-state index < -0.39 is 0 Å². The molecule has 2 rings (SSSR count). The first-order valence-corrected chi connectivity index (χ1v) is 9.21. The van der Waals surface area contributed by atoms with Crippen LogP contribution >= 0.6 is 0 Å². The predicted octanol–water partition coefficient (Wildman–Crippen LogP) is 2.15. The molecule has 1 aliphatic heterocycles. The summed E-state index contributed by atoms with van der Waals surface area (Å²) in [6.45, 7) is 11.7. The van der Waals surface area contributed by atoms with Gasteiger partial charge in [-0.2, -0.15) is 0 Å². The second-order valence-corrected chi connectivity index (χ2v) is 6.92. The van der Waals surface area contributed by atoms with Crippen LogP contribution in [0, 0.1) is 5.92 Å². The molecule has 0 aromatic heterocycles. The number of rotatable bonds is 8. The molecule has 1 aliphatic rings. The van der Waals surface area contributed by atoms with Crippen LogP contribution in [0.3, 0.4) is 0 Å². The van der Waals surface area contributed by atoms with E-state index in [9.17, 15) is 0 Å². The number of guanidine groups is 1. The van der Waals surface area contributed by atoms with Gasteiger partial charge in [0.15, 0.2) is 5.96 Å². The van der Waals surface area contributed by atoms with E-state index in [1.54, 1.807) is 0 Å². The largest absolute Gasteiger partial charge is 0.370 e. The van der Waals surface area contributed by atoms with Crippen LogP contribution in [0.2, 0.25) is 0 Å². The molecular formula is C19H33N5. The standard InChI is InChI=1S/C19H33N5/c1-17(2)16-22-19(20)21-10-6-7-11-23-12-14-24(15-13-23)18-8-4-3-5-9-18/h3-5,8-9,17H,6-7,10-16H2,1-2H3,(H3,20,21,22). The normalized spacial score (nSPS) is 16.6. The maximum Gasteiger partial charge on any atom is 0.188 e. The van der Waals surface area contributed by atoms with Gasteiger partial charge in [-0.25, -0.2) is 0 Å². The molecule has 0 aliphatic carbocycles. The number of nitrogens with zero attached hydrogens (tertiary/aromatic N) is 3. The van der Waals surface area contributed by atoms with Gasteiger partial charge in [0.1, 0.15) is 0 Å². The van der Waals surface area contributed by atoms with Crippen molar-refractivity contribution >= 4 is 11.6 Å². The van der Waals surface area contributed by atoms with Crippen LogP contribution < -0.4 is 16.0 Å². The quantitative estimate of drug-likeness (QED) is 0.435. The zero-order valence-corrected chi connectivity index (χ0v) is 15.2. The predicted molar refractivity (Wildman–Crippen MR) is 104 cm³/mol. The van der Waals surface area contributed by atoms with Crippen LogP contribution in [0.5, 0.6) is 0 Å². The van der Waals surface area contributed by atoms with Crippen molar-refractivity contribution in [3.05, 3.63) is 30.3 Å². The van der Waals surface area contributed by atoms with Gasteiger partial charge in [-0.15, -0.1) is 0 Å². The molecule has 0 spiro atoms. The first-order valence-electron chi connectivity index (χ1n) is 9.21. The SMILES string of the molecule is CC(C)CN=C(N)NCCCCN1CCN(c2ccccc2)CC1. The minimum absolute atomic E-state index is 0.555. The number of aliphatic imine (C=N–C) groups is 1. The summed E-state index contributed by atoms with van der Waals surface area (Å²) in [6.07, 6.45) is 2.34. The van der Waals surface area contributed by atoms with Gasteiger partial charge in [-0.1, -0.05) is 32.0 Å². The van der Waals surface area contributed by atoms with Crippen molar-refractivity contribution < 1.29 is 0 Å². The van der Waals surface area contributed by atoms with Gasteiger partial charge in [0, 0.05) is 45.0 Å². The molecule has 1 heterocycles. The van der Waals surface area contributed by atoms with Crippen molar-refractivity contribution in [2.75, 3.05) is 50.7 Å². The Morgan fingerprint density at radius 3 is 2.50 bits per heavy atom. The van der Waals surface area contributed by atoms with Gasteiger partial charge in [-0.3, -0.25) is 9.89 Å². The number of nitrogens with one attached hydrogen (secondary N) is 1. The van der Waals surface area contributed by atoms with Gasteiger partial charge in [0.25, 0.3) is 0 Å². The monoisotopic (exact) mass is 331 g/mol. The summed E-state index contributed by atoms with van der Waals surface area (Å²) in [4.78, 5) is 9.36. The Hall–Kier alpha value is -1.75. The molecule has 0 radical (unpaired) electrons. The molecule has 1 fully saturated rings. The van der Waals surface area contributed by atoms with Crippen LogP contribution in [0.1, 0.15) is 26.7 Å². The summed E-state index contributed by atoms with van der Waals surface area (Å²) in [6, 6.07) is 10.7. The lowest BCUT2D eigenvalue weighted by molar-refractivity contribution is 0.253. The molecule has 134 valence electrons. The number of benzene rings is 1. The molecule has 5 nitrogen and oxygen atoms in total. The van der Waals surface area contributed by atoms with Gasteiger partial charge in [0.05, 0.1) is 0 Å². The smallest absolute Gasteiger partial charge is 0.188 e. The van der Waals surface area contributed by atoms with Crippen LogP contribution in [-0.4, -0.2) is 56.7 Å². The second-order valence-electron chi connectivity index (χ2n) is 6.92. The van der Waals surface area contributed by atoms with Crippen molar-refractivity contribution in [3.63, 3.8) is 0 Å². The van der Waals surface area contributed by atoms with Gasteiger partial charge >= 0.3 is 0 Å². The van der Waals surface area contributed by atoms with E-state index in [-0.39, 0.29) is 0 Å². The third-order valence-electron chi connectivity index (χ3n) is 4.33. The zero-order chi connectivity index (χ0) is 17.2. The maximum atomic E-state index is 5.84. The van der Waals surface area contributed by atoms with Gasteiger partial charge in [-0.05, 0) is 37.4 Å². The van der Waals surface area contributed by atoms with E-state index in [1.807, 2.05) is 0 Å². The Balaban J connectivity index is 1.54. The highest BCUT2D eigenvalue weighted by atomic mass is 15.3. The Kier molecular flexibility index (Phi) is 7.89. The average Bonchev–Trinajstić information content (AvgIpc) is 2.61. The highest BCUT2D eigenvalue weighted by molar-refractivity contribution is 5.77. The number of unbranched alkanes of at least 4 members (excludes halogenated alkanes) is 1. The fourth-order valence-electron chi connectivity index (χ4n) is 2.88. The molecule has 1 aromatic carbocycles. The summed E-state index contributed by atoms with van der Waals surface area (Å²) in [5, 5.41) is 3.21. The Bertz CT molecular complexity index is 478. The summed E-state index contributed by atoms with van der Waals surface area (Å²) in [5.74, 6) is 1.14. The Labute approximate surface area is 146 Å². The number of hydrogen-bond donors (Lipinski definition) is 2. The molecule has 3 N–H and O–H groups in total. The van der Waals surface area contributed by atoms with Crippen molar-refractivity contribution in [1.29, 1.82) is 0 Å². The Morgan fingerprint density at radius 1 is 1.12 bits per heavy atom. The maximum absolute atomic E-state index is 5.84. The summed E-state index contributed by atoms with van der Waals surface area (Å²) < 4.78 is 0. The van der Waals surface area contributed by atoms with Gasteiger partial charge in [0.2, 0.25) is 0 Å². The highest BCUT2D eigenvalue weighted by Gasteiger charge is 2.16. The minimum Gasteiger partial charge on any atom is -0.370 e. The van der Waals surface area contributed by atoms with Crippen LogP contribution in [0.15, 0.2) is 35.3 Å². The van der Waals surface area contributed by atoms with E-state index in [0.717, 1.165) is 45.7 Å². The molecule has 0 unspecified atom stereocenters. The molecule has 0 bridgehead atoms. The molecule has 1 aromatic rings. The summed E-state index contributed by atoms with van der Waals surface area (Å²) in [7, 11) is 0. The van der Waals surface area contributed by atoms with Crippen molar-refractivity contribution in [3.8, 4) is 0 Å².